The van der Waals surface area contributed by atoms with Crippen molar-refractivity contribution in [3.63, 3.8) is 0 Å². The van der Waals surface area contributed by atoms with Gasteiger partial charge in [0.2, 0.25) is 0 Å². The maximum absolute atomic E-state index is 6.88. The fourth-order valence-corrected chi connectivity index (χ4v) is 7.41. The van der Waals surface area contributed by atoms with Crippen LogP contribution in [0.25, 0.3) is 65.3 Å². The lowest BCUT2D eigenvalue weighted by molar-refractivity contribution is 0.481. The first-order valence-electron chi connectivity index (χ1n) is 14.5. The van der Waals surface area contributed by atoms with E-state index >= 15 is 0 Å². The quantitative estimate of drug-likeness (QED) is 0.233. The van der Waals surface area contributed by atoms with E-state index in [1.807, 2.05) is 0 Å². The summed E-state index contributed by atoms with van der Waals surface area (Å²) >= 11 is 0. The van der Waals surface area contributed by atoms with Crippen LogP contribution in [0.5, 0.6) is 0 Å². The minimum atomic E-state index is -0.378. The van der Waals surface area contributed by atoms with E-state index in [0.29, 0.717) is 0 Å². The summed E-state index contributed by atoms with van der Waals surface area (Å²) in [5.41, 5.74) is 15.7. The lowest BCUT2D eigenvalue weighted by atomic mass is 9.66. The Morgan fingerprint density at radius 3 is 2.15 bits per heavy atom. The third kappa shape index (κ3) is 3.02. The van der Waals surface area contributed by atoms with Gasteiger partial charge in [-0.1, -0.05) is 106 Å². The Morgan fingerprint density at radius 2 is 1.30 bits per heavy atom. The molecule has 1 unspecified atom stereocenters. The fourth-order valence-electron chi connectivity index (χ4n) is 7.41. The van der Waals surface area contributed by atoms with Crippen LogP contribution < -0.4 is 5.73 Å². The second kappa shape index (κ2) is 7.93. The van der Waals surface area contributed by atoms with Gasteiger partial charge in [0.15, 0.2) is 0 Å². The van der Waals surface area contributed by atoms with Crippen molar-refractivity contribution in [2.45, 2.75) is 45.1 Å². The van der Waals surface area contributed by atoms with Crippen molar-refractivity contribution in [1.29, 1.82) is 0 Å². The van der Waals surface area contributed by atoms with Gasteiger partial charge in [0.1, 0.15) is 0 Å². The van der Waals surface area contributed by atoms with Crippen LogP contribution in [-0.2, 0) is 11.0 Å². The Bertz CT molecular complexity index is 2140. The summed E-state index contributed by atoms with van der Waals surface area (Å²) in [6, 6.07) is 38.7. The first-order valence-corrected chi connectivity index (χ1v) is 14.5. The Labute approximate surface area is 235 Å². The zero-order chi connectivity index (χ0) is 27.4. The van der Waals surface area contributed by atoms with Crippen molar-refractivity contribution in [2.75, 3.05) is 0 Å². The highest BCUT2D eigenvalue weighted by Gasteiger charge is 2.35. The molecule has 0 saturated heterocycles. The van der Waals surface area contributed by atoms with E-state index in [1.165, 1.54) is 82.0 Å². The van der Waals surface area contributed by atoms with Crippen molar-refractivity contribution in [1.82, 2.24) is 0 Å². The van der Waals surface area contributed by atoms with E-state index in [1.54, 1.807) is 0 Å². The summed E-state index contributed by atoms with van der Waals surface area (Å²) < 4.78 is 0. The average molecular weight is 516 g/mol. The molecule has 7 aromatic carbocycles. The van der Waals surface area contributed by atoms with Gasteiger partial charge in [0.05, 0.1) is 0 Å². The molecule has 0 saturated carbocycles. The molecule has 1 aliphatic rings. The zero-order valence-corrected chi connectivity index (χ0v) is 23.6. The molecule has 0 aliphatic heterocycles. The molecule has 1 nitrogen and oxygen atoms in total. The highest BCUT2D eigenvalue weighted by Crippen LogP contribution is 2.53. The third-order valence-electron chi connectivity index (χ3n) is 9.85. The molecular formula is C39H33N. The second-order valence-electron chi connectivity index (χ2n) is 12.5. The maximum Gasteiger partial charge on any atom is 0.0384 e. The summed E-state index contributed by atoms with van der Waals surface area (Å²) in [5.74, 6) is 0. The topological polar surface area (TPSA) is 26.0 Å². The molecule has 0 bridgehead atoms. The number of hydrogen-bond acceptors (Lipinski definition) is 1. The molecule has 7 aromatic rings. The van der Waals surface area contributed by atoms with Crippen LogP contribution >= 0.6 is 0 Å². The molecule has 1 atom stereocenters. The summed E-state index contributed by atoms with van der Waals surface area (Å²) in [6.45, 7) is 9.15. The molecule has 0 aromatic heterocycles. The molecule has 0 fully saturated rings. The number of hydrogen-bond donors (Lipinski definition) is 1. The highest BCUT2D eigenvalue weighted by atomic mass is 14.7. The summed E-state index contributed by atoms with van der Waals surface area (Å²) in [5, 5.41) is 10.6. The monoisotopic (exact) mass is 515 g/mol. The van der Waals surface area contributed by atoms with Gasteiger partial charge < -0.3 is 5.73 Å². The lowest BCUT2D eigenvalue weighted by Gasteiger charge is -2.37. The van der Waals surface area contributed by atoms with Crippen LogP contribution in [0.2, 0.25) is 0 Å². The summed E-state index contributed by atoms with van der Waals surface area (Å²) in [6.07, 6.45) is 0.892. The first-order chi connectivity index (χ1) is 19.3. The Kier molecular flexibility index (Phi) is 4.69. The first kappa shape index (κ1) is 23.7. The van der Waals surface area contributed by atoms with Crippen LogP contribution in [0, 0.1) is 0 Å². The van der Waals surface area contributed by atoms with Gasteiger partial charge in [-0.15, -0.1) is 0 Å². The molecule has 2 N–H and O–H groups in total. The number of rotatable bonds is 3. The molecular weight excluding hydrogens is 482 g/mol. The van der Waals surface area contributed by atoms with E-state index in [4.69, 9.17) is 5.73 Å². The van der Waals surface area contributed by atoms with Crippen molar-refractivity contribution >= 4 is 43.1 Å². The van der Waals surface area contributed by atoms with Gasteiger partial charge in [0.25, 0.3) is 0 Å². The van der Waals surface area contributed by atoms with Gasteiger partial charge in [-0.3, -0.25) is 0 Å². The minimum absolute atomic E-state index is 0.151. The number of benzene rings is 7. The normalized spacial score (nSPS) is 15.6. The van der Waals surface area contributed by atoms with Crippen LogP contribution in [-0.4, -0.2) is 0 Å². The molecule has 1 heteroatoms. The minimum Gasteiger partial charge on any atom is -0.322 e. The summed E-state index contributed by atoms with van der Waals surface area (Å²) in [4.78, 5) is 0. The van der Waals surface area contributed by atoms with E-state index in [9.17, 15) is 0 Å². The Hall–Kier alpha value is -4.20. The average Bonchev–Trinajstić information content (AvgIpc) is 2.98. The van der Waals surface area contributed by atoms with Crippen LogP contribution in [0.1, 0.15) is 50.8 Å². The molecule has 1 aliphatic carbocycles. The Balaban J connectivity index is 1.46. The van der Waals surface area contributed by atoms with Gasteiger partial charge in [-0.25, -0.2) is 0 Å². The van der Waals surface area contributed by atoms with Crippen LogP contribution in [0.3, 0.4) is 0 Å². The van der Waals surface area contributed by atoms with E-state index in [2.05, 4.69) is 131 Å². The smallest absolute Gasteiger partial charge is 0.0384 e. The molecule has 194 valence electrons. The van der Waals surface area contributed by atoms with Crippen molar-refractivity contribution in [2.24, 2.45) is 5.73 Å². The van der Waals surface area contributed by atoms with E-state index in [0.717, 1.165) is 6.42 Å². The lowest BCUT2D eigenvalue weighted by Crippen LogP contribution is -2.32. The van der Waals surface area contributed by atoms with E-state index < -0.39 is 0 Å². The van der Waals surface area contributed by atoms with Crippen LogP contribution in [0.15, 0.2) is 103 Å². The molecule has 0 heterocycles. The zero-order valence-electron chi connectivity index (χ0n) is 23.6. The maximum atomic E-state index is 6.88. The largest absolute Gasteiger partial charge is 0.322 e. The van der Waals surface area contributed by atoms with Crippen molar-refractivity contribution in [3.8, 4) is 22.3 Å². The van der Waals surface area contributed by atoms with Crippen molar-refractivity contribution in [3.05, 3.63) is 120 Å². The van der Waals surface area contributed by atoms with Crippen molar-refractivity contribution < 1.29 is 0 Å². The number of nitrogens with two attached hydrogens (primary N) is 1. The van der Waals surface area contributed by atoms with Crippen LogP contribution in [0.4, 0.5) is 0 Å². The SMILES string of the molecule is CCC(C)(N)c1cc2ccc3c4c(cc5cccc1c5c24)C(C)(C)c1cc(-c2cccc4ccccc24)ccc1-3. The molecule has 0 radical (unpaired) electrons. The molecule has 0 amide bonds. The fraction of sp³-hybridized carbons (Fsp3) is 0.179. The highest BCUT2D eigenvalue weighted by molar-refractivity contribution is 6.28. The van der Waals surface area contributed by atoms with E-state index in [-0.39, 0.29) is 11.0 Å². The molecule has 8 rings (SSSR count). The van der Waals surface area contributed by atoms with Gasteiger partial charge in [-0.2, -0.15) is 0 Å². The standard InChI is InChI=1S/C39H33N/c1-5-39(4,40)33-21-26-17-19-30-29-18-16-24(28-14-8-11-23-10-6-7-13-27(23)28)20-32(29)38(2,3)34-22-25-12-9-15-31(33)35(25)36(26)37(30)34/h6-22H,5,40H2,1-4H3. The molecule has 40 heavy (non-hydrogen) atoms. The van der Waals surface area contributed by atoms with Gasteiger partial charge >= 0.3 is 0 Å². The third-order valence-corrected chi connectivity index (χ3v) is 9.85. The Morgan fingerprint density at radius 1 is 0.600 bits per heavy atom. The predicted molar refractivity (Wildman–Crippen MR) is 172 cm³/mol. The van der Waals surface area contributed by atoms with Gasteiger partial charge in [0, 0.05) is 11.0 Å². The van der Waals surface area contributed by atoms with Gasteiger partial charge in [-0.05, 0) is 114 Å². The predicted octanol–water partition coefficient (Wildman–Crippen LogP) is 10.3. The molecule has 0 spiro atoms. The summed E-state index contributed by atoms with van der Waals surface area (Å²) in [7, 11) is 0. The second-order valence-corrected chi connectivity index (χ2v) is 12.5. The number of fused-ring (bicyclic) bond motifs is 3.